The fourth-order valence-electron chi connectivity index (χ4n) is 2.42. The molecule has 134 valence electrons. The van der Waals surface area contributed by atoms with Gasteiger partial charge < -0.3 is 20.7 Å². The Morgan fingerprint density at radius 2 is 2.29 bits per heavy atom. The molecule has 1 heterocycles. The maximum absolute atomic E-state index is 11.6. The van der Waals surface area contributed by atoms with Crippen molar-refractivity contribution in [2.75, 3.05) is 26.7 Å². The van der Waals surface area contributed by atoms with Gasteiger partial charge in [-0.05, 0) is 32.6 Å². The average molecular weight is 353 g/mol. The number of nitrogens with one attached hydrogen (secondary N) is 3. The van der Waals surface area contributed by atoms with E-state index in [-0.39, 0.29) is 12.1 Å². The van der Waals surface area contributed by atoms with Gasteiger partial charge >= 0.3 is 6.09 Å². The summed E-state index contributed by atoms with van der Waals surface area (Å²) >= 11 is 1.67. The van der Waals surface area contributed by atoms with E-state index in [0.717, 1.165) is 42.5 Å². The van der Waals surface area contributed by atoms with E-state index in [4.69, 9.17) is 4.74 Å². The van der Waals surface area contributed by atoms with Crippen LogP contribution >= 0.6 is 11.3 Å². The van der Waals surface area contributed by atoms with Crippen molar-refractivity contribution in [3.8, 4) is 0 Å². The molecule has 0 radical (unpaired) electrons. The molecule has 1 aromatic heterocycles. The maximum Gasteiger partial charge on any atom is 0.407 e. The van der Waals surface area contributed by atoms with Crippen molar-refractivity contribution >= 4 is 23.4 Å². The first-order valence-electron chi connectivity index (χ1n) is 8.41. The summed E-state index contributed by atoms with van der Waals surface area (Å²) in [5.74, 6) is 1.26. The SMILES string of the molecule is CCOC(=O)NC(CNC(=NC)NCCc1csc(C)n1)C1CC1. The lowest BCUT2D eigenvalue weighted by Gasteiger charge is -2.20. The quantitative estimate of drug-likeness (QED) is 0.489. The van der Waals surface area contributed by atoms with E-state index in [1.807, 2.05) is 6.92 Å². The minimum Gasteiger partial charge on any atom is -0.450 e. The molecular formula is C16H27N5O2S. The molecule has 7 nitrogen and oxygen atoms in total. The number of carbonyl (C=O) groups is 1. The smallest absolute Gasteiger partial charge is 0.407 e. The zero-order chi connectivity index (χ0) is 17.4. The molecule has 8 heteroatoms. The lowest BCUT2D eigenvalue weighted by molar-refractivity contribution is 0.146. The van der Waals surface area contributed by atoms with Crippen molar-refractivity contribution in [2.24, 2.45) is 10.9 Å². The first-order valence-corrected chi connectivity index (χ1v) is 9.29. The van der Waals surface area contributed by atoms with E-state index >= 15 is 0 Å². The maximum atomic E-state index is 11.6. The van der Waals surface area contributed by atoms with Crippen LogP contribution in [0.25, 0.3) is 0 Å². The Bertz CT molecular complexity index is 556. The van der Waals surface area contributed by atoms with Crippen molar-refractivity contribution in [1.82, 2.24) is 20.9 Å². The number of amides is 1. The topological polar surface area (TPSA) is 87.6 Å². The number of alkyl carbamates (subject to hydrolysis) is 1. The number of hydrogen-bond acceptors (Lipinski definition) is 5. The van der Waals surface area contributed by atoms with Crippen LogP contribution in [0.1, 0.15) is 30.5 Å². The Labute approximate surface area is 147 Å². The van der Waals surface area contributed by atoms with Crippen molar-refractivity contribution in [3.05, 3.63) is 16.1 Å². The van der Waals surface area contributed by atoms with Crippen molar-refractivity contribution < 1.29 is 9.53 Å². The second-order valence-corrected chi connectivity index (χ2v) is 6.86. The number of hydrogen-bond donors (Lipinski definition) is 3. The molecule has 1 atom stereocenters. The van der Waals surface area contributed by atoms with Crippen molar-refractivity contribution in [2.45, 2.75) is 39.2 Å². The highest BCUT2D eigenvalue weighted by molar-refractivity contribution is 7.09. The Hall–Kier alpha value is -1.83. The molecule has 1 aliphatic carbocycles. The number of guanidine groups is 1. The Kier molecular flexibility index (Phi) is 7.30. The van der Waals surface area contributed by atoms with Gasteiger partial charge in [-0.3, -0.25) is 4.99 Å². The number of aryl methyl sites for hydroxylation is 1. The molecule has 1 amide bonds. The fourth-order valence-corrected chi connectivity index (χ4v) is 3.06. The molecule has 24 heavy (non-hydrogen) atoms. The number of nitrogens with zero attached hydrogens (tertiary/aromatic N) is 2. The molecule has 0 spiro atoms. The van der Waals surface area contributed by atoms with Gasteiger partial charge in [0.1, 0.15) is 0 Å². The van der Waals surface area contributed by atoms with Crippen molar-refractivity contribution in [1.29, 1.82) is 0 Å². The van der Waals surface area contributed by atoms with Gasteiger partial charge in [-0.2, -0.15) is 0 Å². The second-order valence-electron chi connectivity index (χ2n) is 5.80. The summed E-state index contributed by atoms with van der Waals surface area (Å²) in [5, 5.41) is 12.7. The molecule has 1 fully saturated rings. The van der Waals surface area contributed by atoms with Gasteiger partial charge in [0.25, 0.3) is 0 Å². The summed E-state index contributed by atoms with van der Waals surface area (Å²) in [5.41, 5.74) is 1.10. The summed E-state index contributed by atoms with van der Waals surface area (Å²) < 4.78 is 4.97. The van der Waals surface area contributed by atoms with E-state index in [1.165, 1.54) is 0 Å². The minimum atomic E-state index is -0.349. The molecule has 1 aromatic rings. The zero-order valence-corrected chi connectivity index (χ0v) is 15.4. The summed E-state index contributed by atoms with van der Waals surface area (Å²) in [7, 11) is 1.74. The number of thiazole rings is 1. The number of aliphatic imine (C=N–C) groups is 1. The Morgan fingerprint density at radius 3 is 2.88 bits per heavy atom. The Morgan fingerprint density at radius 1 is 1.50 bits per heavy atom. The van der Waals surface area contributed by atoms with Crippen LogP contribution in [-0.4, -0.2) is 49.8 Å². The lowest BCUT2D eigenvalue weighted by Crippen LogP contribution is -2.48. The lowest BCUT2D eigenvalue weighted by atomic mass is 10.2. The van der Waals surface area contributed by atoms with Crippen LogP contribution in [0.3, 0.4) is 0 Å². The first-order chi connectivity index (χ1) is 11.6. The van der Waals surface area contributed by atoms with Gasteiger partial charge in [0.2, 0.25) is 0 Å². The summed E-state index contributed by atoms with van der Waals surface area (Å²) in [4.78, 5) is 20.3. The van der Waals surface area contributed by atoms with Gasteiger partial charge in [-0.1, -0.05) is 0 Å². The van der Waals surface area contributed by atoms with Crippen LogP contribution in [-0.2, 0) is 11.2 Å². The third kappa shape index (κ3) is 6.35. The highest BCUT2D eigenvalue weighted by atomic mass is 32.1. The predicted molar refractivity (Wildman–Crippen MR) is 96.6 cm³/mol. The van der Waals surface area contributed by atoms with E-state index in [2.05, 4.69) is 31.3 Å². The van der Waals surface area contributed by atoms with E-state index in [1.54, 1.807) is 25.3 Å². The van der Waals surface area contributed by atoms with Gasteiger partial charge in [0.05, 0.1) is 23.4 Å². The fraction of sp³-hybridized carbons (Fsp3) is 0.688. The largest absolute Gasteiger partial charge is 0.450 e. The molecule has 0 saturated heterocycles. The zero-order valence-electron chi connectivity index (χ0n) is 14.6. The van der Waals surface area contributed by atoms with Gasteiger partial charge in [-0.15, -0.1) is 11.3 Å². The Balaban J connectivity index is 1.71. The van der Waals surface area contributed by atoms with Crippen LogP contribution in [0.15, 0.2) is 10.4 Å². The van der Waals surface area contributed by atoms with Gasteiger partial charge in [0.15, 0.2) is 5.96 Å². The molecule has 0 aliphatic heterocycles. The normalized spacial score (nSPS) is 15.7. The average Bonchev–Trinajstić information content (AvgIpc) is 3.32. The van der Waals surface area contributed by atoms with Crippen molar-refractivity contribution in [3.63, 3.8) is 0 Å². The monoisotopic (exact) mass is 353 g/mol. The summed E-state index contributed by atoms with van der Waals surface area (Å²) in [6.07, 6.45) is 2.80. The number of carbonyl (C=O) groups excluding carboxylic acids is 1. The van der Waals surface area contributed by atoms with Crippen LogP contribution in [0.4, 0.5) is 4.79 Å². The molecular weight excluding hydrogens is 326 g/mol. The van der Waals surface area contributed by atoms with Crippen LogP contribution in [0, 0.1) is 12.8 Å². The van der Waals surface area contributed by atoms with E-state index in [9.17, 15) is 4.79 Å². The summed E-state index contributed by atoms with van der Waals surface area (Å²) in [6.45, 7) is 5.60. The molecule has 1 aliphatic rings. The van der Waals surface area contributed by atoms with Crippen LogP contribution < -0.4 is 16.0 Å². The summed E-state index contributed by atoms with van der Waals surface area (Å²) in [6, 6.07) is 0.0730. The molecule has 1 unspecified atom stereocenters. The van der Waals surface area contributed by atoms with Crippen LogP contribution in [0.5, 0.6) is 0 Å². The van der Waals surface area contributed by atoms with Gasteiger partial charge in [0, 0.05) is 31.9 Å². The predicted octanol–water partition coefficient (Wildman–Crippen LogP) is 1.68. The number of ether oxygens (including phenoxy) is 1. The highest BCUT2D eigenvalue weighted by Gasteiger charge is 2.32. The van der Waals surface area contributed by atoms with E-state index < -0.39 is 0 Å². The number of aromatic nitrogens is 1. The highest BCUT2D eigenvalue weighted by Crippen LogP contribution is 2.32. The van der Waals surface area contributed by atoms with Crippen LogP contribution in [0.2, 0.25) is 0 Å². The van der Waals surface area contributed by atoms with Gasteiger partial charge in [-0.25, -0.2) is 9.78 Å². The molecule has 2 rings (SSSR count). The first kappa shape index (κ1) is 18.5. The molecule has 0 aromatic carbocycles. The molecule has 1 saturated carbocycles. The third-order valence-electron chi connectivity index (χ3n) is 3.82. The third-order valence-corrected chi connectivity index (χ3v) is 4.65. The van der Waals surface area contributed by atoms with E-state index in [0.29, 0.717) is 19.1 Å². The second kappa shape index (κ2) is 9.46. The number of rotatable bonds is 8. The minimum absolute atomic E-state index is 0.0730. The standard InChI is InChI=1S/C16H27N5O2S/c1-4-23-16(22)21-14(12-5-6-12)9-19-15(17-3)18-8-7-13-10-24-11(2)20-13/h10,12,14H,4-9H2,1-3H3,(H,21,22)(H2,17,18,19). The molecule has 0 bridgehead atoms. The molecule has 3 N–H and O–H groups in total.